The molecule has 1 heterocycles. The highest BCUT2D eigenvalue weighted by Gasteiger charge is 2.28. The van der Waals surface area contributed by atoms with Gasteiger partial charge in [0.25, 0.3) is 0 Å². The molecule has 112 valence electrons. The standard InChI is InChI=1S/C18H29NS/c1-14-6-4-7-15(12-14)13-19-18(16-8-2-3-9-16)17-10-5-11-20-17/h5,10-11,14-16,18-19H,2-4,6-9,12-13H2,1H3. The third kappa shape index (κ3) is 3.65. The van der Waals surface area contributed by atoms with Crippen molar-refractivity contribution in [2.75, 3.05) is 6.54 Å². The summed E-state index contributed by atoms with van der Waals surface area (Å²) in [5.41, 5.74) is 0. The fraction of sp³-hybridized carbons (Fsp3) is 0.778. The largest absolute Gasteiger partial charge is 0.309 e. The van der Waals surface area contributed by atoms with E-state index in [4.69, 9.17) is 0 Å². The minimum absolute atomic E-state index is 0.634. The van der Waals surface area contributed by atoms with Crippen LogP contribution in [0.3, 0.4) is 0 Å². The molecule has 3 rings (SSSR count). The van der Waals surface area contributed by atoms with Crippen molar-refractivity contribution in [3.05, 3.63) is 22.4 Å². The Morgan fingerprint density at radius 3 is 2.75 bits per heavy atom. The first kappa shape index (κ1) is 14.6. The fourth-order valence-electron chi connectivity index (χ4n) is 4.30. The van der Waals surface area contributed by atoms with Crippen molar-refractivity contribution in [1.82, 2.24) is 5.32 Å². The predicted octanol–water partition coefficient (Wildman–Crippen LogP) is 5.40. The van der Waals surface area contributed by atoms with Gasteiger partial charge in [-0.15, -0.1) is 11.3 Å². The maximum absolute atomic E-state index is 3.96. The summed E-state index contributed by atoms with van der Waals surface area (Å²) < 4.78 is 0. The molecule has 3 atom stereocenters. The van der Waals surface area contributed by atoms with Crippen LogP contribution in [0.2, 0.25) is 0 Å². The molecule has 2 fully saturated rings. The van der Waals surface area contributed by atoms with Crippen LogP contribution in [0.1, 0.15) is 69.2 Å². The van der Waals surface area contributed by atoms with Crippen LogP contribution in [-0.4, -0.2) is 6.54 Å². The molecule has 0 aromatic carbocycles. The lowest BCUT2D eigenvalue weighted by Gasteiger charge is -2.30. The van der Waals surface area contributed by atoms with E-state index in [0.29, 0.717) is 6.04 Å². The van der Waals surface area contributed by atoms with E-state index >= 15 is 0 Å². The van der Waals surface area contributed by atoms with Gasteiger partial charge in [0.1, 0.15) is 0 Å². The third-order valence-electron chi connectivity index (χ3n) is 5.39. The Morgan fingerprint density at radius 2 is 2.05 bits per heavy atom. The van der Waals surface area contributed by atoms with Gasteiger partial charge in [0.05, 0.1) is 0 Å². The number of hydrogen-bond acceptors (Lipinski definition) is 2. The maximum atomic E-state index is 3.96. The Balaban J connectivity index is 1.58. The minimum atomic E-state index is 0.634. The van der Waals surface area contributed by atoms with Crippen molar-refractivity contribution in [3.8, 4) is 0 Å². The summed E-state index contributed by atoms with van der Waals surface area (Å²) in [5, 5.41) is 6.20. The topological polar surface area (TPSA) is 12.0 Å². The van der Waals surface area contributed by atoms with Gasteiger partial charge in [-0.1, -0.05) is 38.7 Å². The van der Waals surface area contributed by atoms with Gasteiger partial charge in [-0.25, -0.2) is 0 Å². The van der Waals surface area contributed by atoms with E-state index in [0.717, 1.165) is 17.8 Å². The Kier molecular flexibility index (Phi) is 5.17. The molecule has 20 heavy (non-hydrogen) atoms. The second-order valence-corrected chi connectivity index (χ2v) is 8.06. The zero-order valence-corrected chi connectivity index (χ0v) is 13.6. The lowest BCUT2D eigenvalue weighted by molar-refractivity contribution is 0.253. The van der Waals surface area contributed by atoms with Crippen LogP contribution in [-0.2, 0) is 0 Å². The molecule has 0 aliphatic heterocycles. The smallest absolute Gasteiger partial charge is 0.0443 e. The Labute approximate surface area is 128 Å². The van der Waals surface area contributed by atoms with Crippen LogP contribution in [0.25, 0.3) is 0 Å². The molecule has 3 unspecified atom stereocenters. The molecule has 2 aliphatic carbocycles. The van der Waals surface area contributed by atoms with Crippen LogP contribution < -0.4 is 5.32 Å². The van der Waals surface area contributed by atoms with Crippen molar-refractivity contribution in [2.24, 2.45) is 17.8 Å². The highest BCUT2D eigenvalue weighted by atomic mass is 32.1. The average molecular weight is 292 g/mol. The van der Waals surface area contributed by atoms with Crippen molar-refractivity contribution in [1.29, 1.82) is 0 Å². The zero-order chi connectivity index (χ0) is 13.8. The molecular formula is C18H29NS. The highest BCUT2D eigenvalue weighted by Crippen LogP contribution is 2.38. The normalized spacial score (nSPS) is 29.6. The van der Waals surface area contributed by atoms with Gasteiger partial charge in [0.2, 0.25) is 0 Å². The van der Waals surface area contributed by atoms with Crippen molar-refractivity contribution in [2.45, 2.75) is 64.3 Å². The molecule has 1 nitrogen and oxygen atoms in total. The molecule has 0 amide bonds. The summed E-state index contributed by atoms with van der Waals surface area (Å²) >= 11 is 1.94. The molecule has 0 saturated heterocycles. The van der Waals surface area contributed by atoms with Crippen LogP contribution >= 0.6 is 11.3 Å². The van der Waals surface area contributed by atoms with Gasteiger partial charge in [0.15, 0.2) is 0 Å². The van der Waals surface area contributed by atoms with E-state index in [9.17, 15) is 0 Å². The summed E-state index contributed by atoms with van der Waals surface area (Å²) in [5.74, 6) is 2.75. The summed E-state index contributed by atoms with van der Waals surface area (Å²) in [6.07, 6.45) is 11.5. The maximum Gasteiger partial charge on any atom is 0.0443 e. The molecule has 0 radical (unpaired) electrons. The van der Waals surface area contributed by atoms with E-state index in [-0.39, 0.29) is 0 Å². The lowest BCUT2D eigenvalue weighted by atomic mass is 9.82. The fourth-order valence-corrected chi connectivity index (χ4v) is 5.19. The molecule has 0 bridgehead atoms. The van der Waals surface area contributed by atoms with Gasteiger partial charge in [0, 0.05) is 10.9 Å². The second kappa shape index (κ2) is 7.09. The molecule has 2 aliphatic rings. The molecule has 1 N–H and O–H groups in total. The molecule has 0 spiro atoms. The molecular weight excluding hydrogens is 262 g/mol. The second-order valence-electron chi connectivity index (χ2n) is 7.08. The summed E-state index contributed by atoms with van der Waals surface area (Å²) in [6.45, 7) is 3.67. The summed E-state index contributed by atoms with van der Waals surface area (Å²) in [4.78, 5) is 1.57. The first-order chi connectivity index (χ1) is 9.83. The van der Waals surface area contributed by atoms with Gasteiger partial charge in [-0.3, -0.25) is 0 Å². The SMILES string of the molecule is CC1CCCC(CNC(c2cccs2)C2CCCC2)C1. The van der Waals surface area contributed by atoms with Crippen LogP contribution in [0, 0.1) is 17.8 Å². The lowest BCUT2D eigenvalue weighted by Crippen LogP contribution is -2.32. The van der Waals surface area contributed by atoms with Crippen LogP contribution in [0.4, 0.5) is 0 Å². The van der Waals surface area contributed by atoms with E-state index < -0.39 is 0 Å². The van der Waals surface area contributed by atoms with E-state index in [1.54, 1.807) is 4.88 Å². The number of rotatable bonds is 5. The average Bonchev–Trinajstić information content (AvgIpc) is 3.12. The molecule has 2 heteroatoms. The monoisotopic (exact) mass is 291 g/mol. The van der Waals surface area contributed by atoms with Crippen LogP contribution in [0.15, 0.2) is 17.5 Å². The Hall–Kier alpha value is -0.340. The van der Waals surface area contributed by atoms with Gasteiger partial charge >= 0.3 is 0 Å². The van der Waals surface area contributed by atoms with Crippen molar-refractivity contribution >= 4 is 11.3 Å². The number of thiophene rings is 1. The van der Waals surface area contributed by atoms with Crippen molar-refractivity contribution < 1.29 is 0 Å². The molecule has 1 aromatic heterocycles. The summed E-state index contributed by atoms with van der Waals surface area (Å²) in [6, 6.07) is 5.19. The summed E-state index contributed by atoms with van der Waals surface area (Å²) in [7, 11) is 0. The van der Waals surface area contributed by atoms with Gasteiger partial charge in [-0.2, -0.15) is 0 Å². The first-order valence-electron chi connectivity index (χ1n) is 8.59. The minimum Gasteiger partial charge on any atom is -0.309 e. The molecule has 2 saturated carbocycles. The first-order valence-corrected chi connectivity index (χ1v) is 9.47. The van der Waals surface area contributed by atoms with Gasteiger partial charge in [-0.05, 0) is 61.4 Å². The Morgan fingerprint density at radius 1 is 1.20 bits per heavy atom. The van der Waals surface area contributed by atoms with E-state index in [2.05, 4.69) is 29.8 Å². The highest BCUT2D eigenvalue weighted by molar-refractivity contribution is 7.10. The third-order valence-corrected chi connectivity index (χ3v) is 6.35. The zero-order valence-electron chi connectivity index (χ0n) is 12.8. The van der Waals surface area contributed by atoms with Crippen molar-refractivity contribution in [3.63, 3.8) is 0 Å². The van der Waals surface area contributed by atoms with Crippen LogP contribution in [0.5, 0.6) is 0 Å². The quantitative estimate of drug-likeness (QED) is 0.766. The van der Waals surface area contributed by atoms with E-state index in [1.165, 1.54) is 57.9 Å². The Bertz CT molecular complexity index is 380. The predicted molar refractivity (Wildman–Crippen MR) is 88.1 cm³/mol. The number of hydrogen-bond donors (Lipinski definition) is 1. The van der Waals surface area contributed by atoms with Gasteiger partial charge < -0.3 is 5.32 Å². The number of nitrogens with one attached hydrogen (secondary N) is 1. The molecule has 1 aromatic rings. The van der Waals surface area contributed by atoms with E-state index in [1.807, 2.05) is 11.3 Å².